The molecule has 0 atom stereocenters. The van der Waals surface area contributed by atoms with Crippen LogP contribution in [0.3, 0.4) is 0 Å². The van der Waals surface area contributed by atoms with Gasteiger partial charge in [-0.25, -0.2) is 4.79 Å². The highest BCUT2D eigenvalue weighted by Crippen LogP contribution is 2.34. The Morgan fingerprint density at radius 3 is 2.00 bits per heavy atom. The molecule has 0 bridgehead atoms. The minimum absolute atomic E-state index is 0.327. The van der Waals surface area contributed by atoms with Crippen LogP contribution in [0.2, 0.25) is 0 Å². The predicted octanol–water partition coefficient (Wildman–Crippen LogP) is 2.66. The number of carboxylic acid groups (broad SMARTS) is 1. The van der Waals surface area contributed by atoms with Gasteiger partial charge < -0.3 is 5.11 Å². The lowest BCUT2D eigenvalue weighted by Crippen LogP contribution is -2.16. The second-order valence-electron chi connectivity index (χ2n) is 2.17. The van der Waals surface area contributed by atoms with Crippen molar-refractivity contribution in [2.45, 2.75) is 19.5 Å². The summed E-state index contributed by atoms with van der Waals surface area (Å²) in [6.45, 7) is 1.28. The Hall–Kier alpha value is -0.650. The molecule has 0 aliphatic rings. The smallest absolute Gasteiger partial charge is 0.414 e. The fourth-order valence-electron chi connectivity index (χ4n) is 0.829. The third-order valence-electron chi connectivity index (χ3n) is 1.37. The van der Waals surface area contributed by atoms with E-state index in [2.05, 4.69) is 0 Å². The van der Waals surface area contributed by atoms with Crippen LogP contribution in [0.4, 0.5) is 13.2 Å². The summed E-state index contributed by atoms with van der Waals surface area (Å²) in [4.78, 5) is 9.77. The van der Waals surface area contributed by atoms with Gasteiger partial charge in [-0.05, 0) is 12.7 Å². The van der Waals surface area contributed by atoms with Crippen LogP contribution in [-0.2, 0) is 4.79 Å². The Balaban J connectivity index is 5.19. The number of halogens is 3. The fourth-order valence-corrected chi connectivity index (χ4v) is 1.51. The number of rotatable bonds is 3. The number of allylic oxidation sites excluding steroid dienone is 1. The van der Waals surface area contributed by atoms with Crippen LogP contribution < -0.4 is 0 Å². The van der Waals surface area contributed by atoms with Crippen molar-refractivity contribution in [1.82, 2.24) is 0 Å². The number of carboxylic acids is 1. The summed E-state index contributed by atoms with van der Waals surface area (Å²) >= 11 is 0.598. The summed E-state index contributed by atoms with van der Waals surface area (Å²) in [5.41, 5.74) is -0.979. The molecule has 0 saturated heterocycles. The van der Waals surface area contributed by atoms with E-state index in [1.54, 1.807) is 0 Å². The van der Waals surface area contributed by atoms with Crippen molar-refractivity contribution >= 4 is 17.7 Å². The van der Waals surface area contributed by atoms with Crippen LogP contribution in [0.25, 0.3) is 0 Å². The Bertz CT molecular complexity index is 232. The van der Waals surface area contributed by atoms with Gasteiger partial charge in [0.2, 0.25) is 0 Å². The van der Waals surface area contributed by atoms with Crippen molar-refractivity contribution in [2.75, 3.05) is 6.26 Å². The maximum Gasteiger partial charge on any atom is 0.414 e. The van der Waals surface area contributed by atoms with Gasteiger partial charge in [-0.1, -0.05) is 6.92 Å². The van der Waals surface area contributed by atoms with E-state index in [1.807, 2.05) is 0 Å². The number of carbonyl (C=O) groups is 1. The van der Waals surface area contributed by atoms with E-state index >= 15 is 0 Å². The molecule has 13 heavy (non-hydrogen) atoms. The Morgan fingerprint density at radius 2 is 1.92 bits per heavy atom. The van der Waals surface area contributed by atoms with E-state index < -0.39 is 22.6 Å². The zero-order valence-electron chi connectivity index (χ0n) is 7.10. The number of hydrogen-bond donors (Lipinski definition) is 1. The molecule has 6 heteroatoms. The second kappa shape index (κ2) is 4.55. The normalized spacial score (nSPS) is 13.9. The maximum atomic E-state index is 12.2. The van der Waals surface area contributed by atoms with Gasteiger partial charge in [0.1, 0.15) is 4.91 Å². The lowest BCUT2D eigenvalue weighted by molar-refractivity contribution is -0.133. The largest absolute Gasteiger partial charge is 0.477 e. The van der Waals surface area contributed by atoms with Gasteiger partial charge in [-0.15, -0.1) is 11.8 Å². The van der Waals surface area contributed by atoms with Gasteiger partial charge in [0.05, 0.1) is 5.57 Å². The summed E-state index contributed by atoms with van der Waals surface area (Å²) in [7, 11) is 0. The van der Waals surface area contributed by atoms with Gasteiger partial charge in [0.15, 0.2) is 0 Å². The SMILES string of the molecule is CC/C(=C(\SC)C(=O)O)C(F)(F)F. The fraction of sp³-hybridized carbons (Fsp3) is 0.571. The predicted molar refractivity (Wildman–Crippen MR) is 44.5 cm³/mol. The van der Waals surface area contributed by atoms with Crippen molar-refractivity contribution < 1.29 is 23.1 Å². The molecule has 0 fully saturated rings. The van der Waals surface area contributed by atoms with Crippen LogP contribution in [0.15, 0.2) is 10.5 Å². The van der Waals surface area contributed by atoms with E-state index in [0.717, 1.165) is 0 Å². The lowest BCUT2D eigenvalue weighted by Gasteiger charge is -2.12. The highest BCUT2D eigenvalue weighted by Gasteiger charge is 2.36. The first-order chi connectivity index (χ1) is 5.84. The molecule has 0 unspecified atom stereocenters. The number of alkyl halides is 3. The molecule has 0 aromatic carbocycles. The molecule has 0 heterocycles. The molecule has 0 rings (SSSR count). The van der Waals surface area contributed by atoms with Crippen LogP contribution in [0, 0.1) is 0 Å². The zero-order chi connectivity index (χ0) is 10.6. The molecule has 0 radical (unpaired) electrons. The third-order valence-corrected chi connectivity index (χ3v) is 2.20. The van der Waals surface area contributed by atoms with Gasteiger partial charge in [-0.3, -0.25) is 0 Å². The number of hydrogen-bond acceptors (Lipinski definition) is 2. The quantitative estimate of drug-likeness (QED) is 0.734. The Kier molecular flexibility index (Phi) is 4.32. The second-order valence-corrected chi connectivity index (χ2v) is 2.98. The molecule has 0 aliphatic heterocycles. The molecule has 0 spiro atoms. The van der Waals surface area contributed by atoms with Crippen LogP contribution in [0.1, 0.15) is 13.3 Å². The van der Waals surface area contributed by atoms with E-state index in [4.69, 9.17) is 5.11 Å². The summed E-state index contributed by atoms with van der Waals surface area (Å²) < 4.78 is 36.5. The van der Waals surface area contributed by atoms with Crippen molar-refractivity contribution in [1.29, 1.82) is 0 Å². The third kappa shape index (κ3) is 3.30. The average molecular weight is 214 g/mol. The van der Waals surface area contributed by atoms with Gasteiger partial charge >= 0.3 is 12.1 Å². The monoisotopic (exact) mass is 214 g/mol. The maximum absolute atomic E-state index is 12.2. The number of thioether (sulfide) groups is 1. The lowest BCUT2D eigenvalue weighted by atomic mass is 10.2. The molecule has 1 N–H and O–H groups in total. The van der Waals surface area contributed by atoms with E-state index in [1.165, 1.54) is 13.2 Å². The first-order valence-corrected chi connectivity index (χ1v) is 4.64. The van der Waals surface area contributed by atoms with Crippen molar-refractivity contribution in [2.24, 2.45) is 0 Å². The first kappa shape index (κ1) is 12.3. The first-order valence-electron chi connectivity index (χ1n) is 3.42. The summed E-state index contributed by atoms with van der Waals surface area (Å²) in [5, 5.41) is 8.46. The van der Waals surface area contributed by atoms with Crippen molar-refractivity contribution in [3.8, 4) is 0 Å². The van der Waals surface area contributed by atoms with Crippen molar-refractivity contribution in [3.05, 3.63) is 10.5 Å². The molecular weight excluding hydrogens is 205 g/mol. The van der Waals surface area contributed by atoms with Gasteiger partial charge in [0, 0.05) is 0 Å². The number of aliphatic carboxylic acids is 1. The topological polar surface area (TPSA) is 37.3 Å². The van der Waals surface area contributed by atoms with Crippen molar-refractivity contribution in [3.63, 3.8) is 0 Å². The molecule has 0 aromatic rings. The average Bonchev–Trinajstić information content (AvgIpc) is 1.96. The van der Waals surface area contributed by atoms with E-state index in [9.17, 15) is 18.0 Å². The van der Waals surface area contributed by atoms with Crippen LogP contribution >= 0.6 is 11.8 Å². The van der Waals surface area contributed by atoms with E-state index in [-0.39, 0.29) is 6.42 Å². The van der Waals surface area contributed by atoms with Crippen LogP contribution in [0.5, 0.6) is 0 Å². The molecular formula is C7H9F3O2S. The summed E-state index contributed by atoms with van der Waals surface area (Å²) in [5.74, 6) is -1.53. The van der Waals surface area contributed by atoms with Gasteiger partial charge in [-0.2, -0.15) is 13.2 Å². The van der Waals surface area contributed by atoms with Crippen LogP contribution in [-0.4, -0.2) is 23.5 Å². The summed E-state index contributed by atoms with van der Waals surface area (Å²) in [6.07, 6.45) is -3.57. The molecule has 0 amide bonds. The Labute approximate surface area is 77.8 Å². The standard InChI is InChI=1S/C7H9F3O2S/c1-3-4(7(8,9)10)5(13-2)6(11)12/h3H2,1-2H3,(H,11,12)/b5-4+. The zero-order valence-corrected chi connectivity index (χ0v) is 7.92. The minimum Gasteiger partial charge on any atom is -0.477 e. The molecule has 0 aliphatic carbocycles. The molecule has 76 valence electrons. The highest BCUT2D eigenvalue weighted by molar-refractivity contribution is 8.03. The van der Waals surface area contributed by atoms with Gasteiger partial charge in [0.25, 0.3) is 0 Å². The summed E-state index contributed by atoms with van der Waals surface area (Å²) in [6, 6.07) is 0. The Morgan fingerprint density at radius 1 is 1.46 bits per heavy atom. The van der Waals surface area contributed by atoms with E-state index in [0.29, 0.717) is 11.8 Å². The minimum atomic E-state index is -4.55. The molecule has 2 nitrogen and oxygen atoms in total. The molecule has 0 saturated carbocycles. The highest BCUT2D eigenvalue weighted by atomic mass is 32.2. The molecule has 0 aromatic heterocycles.